The second-order valence-corrected chi connectivity index (χ2v) is 3.27. The van der Waals surface area contributed by atoms with E-state index in [1.54, 1.807) is 7.05 Å². The van der Waals surface area contributed by atoms with Crippen LogP contribution >= 0.6 is 0 Å². The number of rotatable bonds is 3. The molecule has 2 aromatic rings. The second-order valence-electron chi connectivity index (χ2n) is 3.27. The smallest absolute Gasteiger partial charge is 0.306 e. The molecule has 0 radical (unpaired) electrons. The highest BCUT2D eigenvalue weighted by Crippen LogP contribution is 2.14. The van der Waals surface area contributed by atoms with E-state index in [4.69, 9.17) is 5.84 Å². The van der Waals surface area contributed by atoms with Crippen LogP contribution in [0.25, 0.3) is 11.0 Å². The molecule has 2 rings (SSSR count). The zero-order valence-corrected chi connectivity index (χ0v) is 8.29. The lowest BCUT2D eigenvalue weighted by Gasteiger charge is -2.14. The predicted molar refractivity (Wildman–Crippen MR) is 58.0 cm³/mol. The molecule has 80 valence electrons. The fraction of sp³-hybridized carbons (Fsp3) is 0.222. The van der Waals surface area contributed by atoms with Crippen LogP contribution in [0.4, 0.5) is 0 Å². The van der Waals surface area contributed by atoms with Crippen molar-refractivity contribution in [2.75, 3.05) is 7.05 Å². The molecule has 6 N–H and O–H groups in total. The number of aromatic amines is 2. The standard InChI is InChI=1S/C9H13N5O/c1-11-8(14-10)5-2-3-6-7(4-5)13-9(15)12-6/h2-4,8,11,14H,10H2,1H3,(H2,12,13,15). The van der Waals surface area contributed by atoms with Gasteiger partial charge in [0.2, 0.25) is 0 Å². The number of H-pyrrole nitrogens is 2. The average Bonchev–Trinajstić information content (AvgIpc) is 2.59. The molecule has 0 saturated heterocycles. The summed E-state index contributed by atoms with van der Waals surface area (Å²) < 4.78 is 0. The first-order chi connectivity index (χ1) is 7.24. The Bertz CT molecular complexity index is 510. The maximum atomic E-state index is 11.0. The Labute approximate surface area is 85.8 Å². The van der Waals surface area contributed by atoms with Gasteiger partial charge in [0.15, 0.2) is 0 Å². The summed E-state index contributed by atoms with van der Waals surface area (Å²) in [5.74, 6) is 5.37. The van der Waals surface area contributed by atoms with Crippen LogP contribution < -0.4 is 22.3 Å². The van der Waals surface area contributed by atoms with Crippen LogP contribution in [0.15, 0.2) is 23.0 Å². The molecule has 0 bridgehead atoms. The first kappa shape index (κ1) is 9.91. The van der Waals surface area contributed by atoms with Gasteiger partial charge in [-0.3, -0.25) is 5.84 Å². The van der Waals surface area contributed by atoms with Crippen molar-refractivity contribution in [2.24, 2.45) is 5.84 Å². The number of hydrogen-bond acceptors (Lipinski definition) is 4. The Hall–Kier alpha value is -1.63. The minimum Gasteiger partial charge on any atom is -0.306 e. The SMILES string of the molecule is CNC(NN)c1ccc2[nH]c(=O)[nH]c2c1. The zero-order chi connectivity index (χ0) is 10.8. The van der Waals surface area contributed by atoms with Crippen LogP contribution in [0, 0.1) is 0 Å². The summed E-state index contributed by atoms with van der Waals surface area (Å²) in [6.45, 7) is 0. The van der Waals surface area contributed by atoms with Crippen molar-refractivity contribution >= 4 is 11.0 Å². The van der Waals surface area contributed by atoms with Crippen molar-refractivity contribution in [3.05, 3.63) is 34.2 Å². The number of nitrogens with two attached hydrogens (primary N) is 1. The molecule has 0 saturated carbocycles. The average molecular weight is 207 g/mol. The molecule has 0 aliphatic carbocycles. The minimum atomic E-state index is -0.205. The first-order valence-electron chi connectivity index (χ1n) is 4.60. The van der Waals surface area contributed by atoms with Crippen LogP contribution in [0.2, 0.25) is 0 Å². The highest BCUT2D eigenvalue weighted by Gasteiger charge is 2.07. The fourth-order valence-electron chi connectivity index (χ4n) is 1.58. The molecule has 0 spiro atoms. The maximum Gasteiger partial charge on any atom is 0.323 e. The zero-order valence-electron chi connectivity index (χ0n) is 8.29. The fourth-order valence-corrected chi connectivity index (χ4v) is 1.58. The third-order valence-corrected chi connectivity index (χ3v) is 2.33. The van der Waals surface area contributed by atoms with E-state index in [1.165, 1.54) is 0 Å². The van der Waals surface area contributed by atoms with Gasteiger partial charge in [-0.25, -0.2) is 10.2 Å². The van der Waals surface area contributed by atoms with Crippen LogP contribution in [0.5, 0.6) is 0 Å². The van der Waals surface area contributed by atoms with Gasteiger partial charge in [0.1, 0.15) is 0 Å². The van der Waals surface area contributed by atoms with Gasteiger partial charge < -0.3 is 15.3 Å². The van der Waals surface area contributed by atoms with E-state index < -0.39 is 0 Å². The molecule has 15 heavy (non-hydrogen) atoms. The van der Waals surface area contributed by atoms with Gasteiger partial charge >= 0.3 is 5.69 Å². The van der Waals surface area contributed by atoms with Gasteiger partial charge in [-0.15, -0.1) is 0 Å². The third kappa shape index (κ3) is 1.78. The van der Waals surface area contributed by atoms with Gasteiger partial charge in [-0.05, 0) is 24.7 Å². The molecule has 1 aromatic heterocycles. The van der Waals surface area contributed by atoms with Crippen LogP contribution in [-0.2, 0) is 0 Å². The highest BCUT2D eigenvalue weighted by molar-refractivity contribution is 5.75. The molecule has 0 aliphatic rings. The summed E-state index contributed by atoms with van der Waals surface area (Å²) in [6, 6.07) is 5.60. The number of hydrogen-bond donors (Lipinski definition) is 5. The summed E-state index contributed by atoms with van der Waals surface area (Å²) in [4.78, 5) is 16.4. The van der Waals surface area contributed by atoms with Gasteiger partial charge in [0, 0.05) is 0 Å². The van der Waals surface area contributed by atoms with Gasteiger partial charge in [-0.2, -0.15) is 0 Å². The molecule has 0 aliphatic heterocycles. The predicted octanol–water partition coefficient (Wildman–Crippen LogP) is -0.462. The lowest BCUT2D eigenvalue weighted by Crippen LogP contribution is -2.36. The van der Waals surface area contributed by atoms with E-state index in [0.29, 0.717) is 0 Å². The molecular formula is C9H13N5O. The molecule has 0 fully saturated rings. The minimum absolute atomic E-state index is 0.132. The monoisotopic (exact) mass is 207 g/mol. The van der Waals surface area contributed by atoms with Crippen molar-refractivity contribution in [1.29, 1.82) is 0 Å². The van der Waals surface area contributed by atoms with Crippen molar-refractivity contribution in [3.8, 4) is 0 Å². The summed E-state index contributed by atoms with van der Waals surface area (Å²) in [5.41, 5.74) is 4.94. The Balaban J connectivity index is 2.49. The lowest BCUT2D eigenvalue weighted by molar-refractivity contribution is 0.489. The molecular weight excluding hydrogens is 194 g/mol. The van der Waals surface area contributed by atoms with E-state index in [9.17, 15) is 4.79 Å². The van der Waals surface area contributed by atoms with E-state index in [0.717, 1.165) is 16.6 Å². The molecule has 1 unspecified atom stereocenters. The molecule has 0 amide bonds. The summed E-state index contributed by atoms with van der Waals surface area (Å²) >= 11 is 0. The molecule has 1 atom stereocenters. The van der Waals surface area contributed by atoms with Crippen molar-refractivity contribution in [3.63, 3.8) is 0 Å². The van der Waals surface area contributed by atoms with Gasteiger partial charge in [-0.1, -0.05) is 6.07 Å². The summed E-state index contributed by atoms with van der Waals surface area (Å²) in [5, 5.41) is 3.00. The lowest BCUT2D eigenvalue weighted by atomic mass is 10.1. The largest absolute Gasteiger partial charge is 0.323 e. The number of fused-ring (bicyclic) bond motifs is 1. The van der Waals surface area contributed by atoms with Crippen molar-refractivity contribution in [1.82, 2.24) is 20.7 Å². The second kappa shape index (κ2) is 3.85. The Kier molecular flexibility index (Phi) is 2.55. The third-order valence-electron chi connectivity index (χ3n) is 2.33. The van der Waals surface area contributed by atoms with E-state index in [-0.39, 0.29) is 11.9 Å². The quantitative estimate of drug-likeness (QED) is 0.267. The Morgan fingerprint density at radius 3 is 2.73 bits per heavy atom. The number of nitrogens with one attached hydrogen (secondary N) is 4. The number of hydrazine groups is 1. The maximum absolute atomic E-state index is 11.0. The van der Waals surface area contributed by atoms with Crippen LogP contribution in [-0.4, -0.2) is 17.0 Å². The van der Waals surface area contributed by atoms with Gasteiger partial charge in [0.05, 0.1) is 17.2 Å². The molecule has 6 heteroatoms. The normalized spacial score (nSPS) is 13.2. The Morgan fingerprint density at radius 2 is 2.07 bits per heavy atom. The van der Waals surface area contributed by atoms with Crippen LogP contribution in [0.3, 0.4) is 0 Å². The van der Waals surface area contributed by atoms with Crippen LogP contribution in [0.1, 0.15) is 11.7 Å². The first-order valence-corrected chi connectivity index (χ1v) is 4.60. The van der Waals surface area contributed by atoms with E-state index in [1.807, 2.05) is 18.2 Å². The summed E-state index contributed by atoms with van der Waals surface area (Å²) in [7, 11) is 1.80. The van der Waals surface area contributed by atoms with Crippen molar-refractivity contribution in [2.45, 2.75) is 6.17 Å². The number of imidazole rings is 1. The molecule has 6 nitrogen and oxygen atoms in total. The highest BCUT2D eigenvalue weighted by atomic mass is 16.1. The van der Waals surface area contributed by atoms with Crippen molar-refractivity contribution < 1.29 is 0 Å². The number of benzene rings is 1. The van der Waals surface area contributed by atoms with E-state index >= 15 is 0 Å². The van der Waals surface area contributed by atoms with Gasteiger partial charge in [0.25, 0.3) is 0 Å². The molecule has 1 heterocycles. The Morgan fingerprint density at radius 1 is 1.33 bits per heavy atom. The topological polar surface area (TPSA) is 98.7 Å². The van der Waals surface area contributed by atoms with E-state index in [2.05, 4.69) is 20.7 Å². The number of aromatic nitrogens is 2. The molecule has 1 aromatic carbocycles. The summed E-state index contributed by atoms with van der Waals surface area (Å²) in [6.07, 6.45) is -0.132.